The molecular weight excluding hydrogens is 522 g/mol. The van der Waals surface area contributed by atoms with E-state index in [0.29, 0.717) is 37.7 Å². The first kappa shape index (κ1) is 27.5. The largest absolute Gasteiger partial charge is 0.493 e. The van der Waals surface area contributed by atoms with E-state index >= 15 is 0 Å². The van der Waals surface area contributed by atoms with Gasteiger partial charge in [0.05, 0.1) is 40.0 Å². The number of benzene rings is 2. The predicted molar refractivity (Wildman–Crippen MR) is 147 cm³/mol. The van der Waals surface area contributed by atoms with E-state index in [-0.39, 0.29) is 24.0 Å². The third-order valence-electron chi connectivity index (χ3n) is 5.82. The Hall–Kier alpha value is -4.51. The van der Waals surface area contributed by atoms with Gasteiger partial charge in [0.2, 0.25) is 0 Å². The number of hydrogen-bond donors (Lipinski definition) is 0. The Morgan fingerprint density at radius 3 is 2.69 bits per heavy atom. The summed E-state index contributed by atoms with van der Waals surface area (Å²) in [6, 6.07) is 10.3. The molecule has 2 heterocycles. The van der Waals surface area contributed by atoms with Gasteiger partial charge in [-0.2, -0.15) is 0 Å². The summed E-state index contributed by atoms with van der Waals surface area (Å²) in [5.41, 5.74) is 1.23. The topological polar surface area (TPSA) is 122 Å². The Morgan fingerprint density at radius 2 is 2.03 bits per heavy atom. The van der Waals surface area contributed by atoms with Crippen molar-refractivity contribution in [2.75, 3.05) is 13.7 Å². The third kappa shape index (κ3) is 5.68. The third-order valence-corrected chi connectivity index (χ3v) is 6.81. The zero-order chi connectivity index (χ0) is 28.3. The lowest BCUT2D eigenvalue weighted by atomic mass is 9.95. The molecule has 0 radical (unpaired) electrons. The maximum absolute atomic E-state index is 13.8. The van der Waals surface area contributed by atoms with Crippen LogP contribution in [0.25, 0.3) is 6.08 Å². The number of hydrogen-bond acceptors (Lipinski definition) is 9. The Bertz CT molecular complexity index is 1670. The summed E-state index contributed by atoms with van der Waals surface area (Å²) in [4.78, 5) is 42.8. The van der Waals surface area contributed by atoms with Gasteiger partial charge in [0.25, 0.3) is 11.2 Å². The van der Waals surface area contributed by atoms with Crippen LogP contribution in [-0.4, -0.2) is 35.3 Å². The van der Waals surface area contributed by atoms with Gasteiger partial charge in [0, 0.05) is 12.1 Å². The van der Waals surface area contributed by atoms with Gasteiger partial charge in [-0.3, -0.25) is 19.5 Å². The minimum absolute atomic E-state index is 0.0881. The number of thiazole rings is 1. The molecule has 0 N–H and O–H groups in total. The quantitative estimate of drug-likeness (QED) is 0.173. The fourth-order valence-electron chi connectivity index (χ4n) is 4.18. The van der Waals surface area contributed by atoms with Gasteiger partial charge in [0.15, 0.2) is 16.3 Å². The number of carbonyl (C=O) groups is 1. The number of fused-ring (bicyclic) bond motifs is 1. The highest BCUT2D eigenvalue weighted by Gasteiger charge is 2.34. The average Bonchev–Trinajstić information content (AvgIpc) is 3.20. The van der Waals surface area contributed by atoms with Gasteiger partial charge in [-0.25, -0.2) is 9.79 Å². The molecule has 4 rings (SSSR count). The van der Waals surface area contributed by atoms with Gasteiger partial charge in [-0.05, 0) is 50.1 Å². The van der Waals surface area contributed by atoms with Gasteiger partial charge >= 0.3 is 5.97 Å². The van der Waals surface area contributed by atoms with Crippen LogP contribution in [0.1, 0.15) is 37.9 Å². The number of ether oxygens (including phenoxy) is 3. The molecule has 202 valence electrons. The number of nitrogens with zero attached hydrogens (tertiary/aromatic N) is 3. The molecule has 0 amide bonds. The van der Waals surface area contributed by atoms with Crippen LogP contribution in [0.15, 0.2) is 76.2 Å². The number of nitro benzene ring substituents is 1. The van der Waals surface area contributed by atoms with E-state index in [2.05, 4.69) is 11.6 Å². The van der Waals surface area contributed by atoms with Crippen molar-refractivity contribution in [1.29, 1.82) is 0 Å². The molecule has 1 aliphatic heterocycles. The zero-order valence-electron chi connectivity index (χ0n) is 21.9. The van der Waals surface area contributed by atoms with E-state index in [1.807, 2.05) is 0 Å². The summed E-state index contributed by atoms with van der Waals surface area (Å²) in [6.45, 7) is 9.11. The first-order chi connectivity index (χ1) is 18.6. The number of methoxy groups -OCH3 is 1. The standard InChI is InChI=1S/C28H27N3O7S/c1-6-12-37-21-11-10-19(15-22(21)36-5)25-24(27(33)38-16(2)3)17(4)29-28-30(25)26(32)23(39-28)14-18-8-7-9-20(13-18)31(34)35/h6-11,13-16,25H,1,12H2,2-5H3. The Labute approximate surface area is 227 Å². The maximum Gasteiger partial charge on any atom is 0.338 e. The van der Waals surface area contributed by atoms with Gasteiger partial charge in [-0.15, -0.1) is 0 Å². The average molecular weight is 550 g/mol. The highest BCUT2D eigenvalue weighted by atomic mass is 32.1. The van der Waals surface area contributed by atoms with E-state index in [1.165, 1.54) is 23.8 Å². The number of aromatic nitrogens is 1. The molecule has 0 bridgehead atoms. The summed E-state index contributed by atoms with van der Waals surface area (Å²) in [5.74, 6) is 0.306. The SMILES string of the molecule is C=CCOc1ccc(C2C(C(=O)OC(C)C)=C(C)N=c3sc(=Cc4cccc([N+](=O)[O-])c4)c(=O)n32)cc1OC. The van der Waals surface area contributed by atoms with Gasteiger partial charge in [-0.1, -0.05) is 42.2 Å². The van der Waals surface area contributed by atoms with Crippen LogP contribution in [0, 0.1) is 10.1 Å². The van der Waals surface area contributed by atoms with Gasteiger partial charge < -0.3 is 14.2 Å². The first-order valence-corrected chi connectivity index (χ1v) is 12.9. The lowest BCUT2D eigenvalue weighted by Crippen LogP contribution is -2.40. The number of non-ortho nitro benzene ring substituents is 1. The lowest BCUT2D eigenvalue weighted by Gasteiger charge is -2.26. The second kappa shape index (κ2) is 11.5. The van der Waals surface area contributed by atoms with Crippen molar-refractivity contribution in [3.63, 3.8) is 0 Å². The molecule has 0 saturated heterocycles. The second-order valence-electron chi connectivity index (χ2n) is 8.90. The summed E-state index contributed by atoms with van der Waals surface area (Å²) in [5, 5.41) is 11.2. The van der Waals surface area contributed by atoms with Gasteiger partial charge in [0.1, 0.15) is 6.61 Å². The lowest BCUT2D eigenvalue weighted by molar-refractivity contribution is -0.384. The predicted octanol–water partition coefficient (Wildman–Crippen LogP) is 3.67. The molecule has 1 aliphatic rings. The number of esters is 1. The first-order valence-electron chi connectivity index (χ1n) is 12.0. The van der Waals surface area contributed by atoms with Crippen LogP contribution in [0.5, 0.6) is 11.5 Å². The molecule has 1 unspecified atom stereocenters. The Morgan fingerprint density at radius 1 is 1.26 bits per heavy atom. The molecule has 10 nitrogen and oxygen atoms in total. The fraction of sp³-hybridized carbons (Fsp3) is 0.250. The van der Waals surface area contributed by atoms with Crippen LogP contribution in [0.3, 0.4) is 0 Å². The summed E-state index contributed by atoms with van der Waals surface area (Å²) < 4.78 is 18.5. The number of nitro groups is 1. The fourth-order valence-corrected chi connectivity index (χ4v) is 5.22. The van der Waals surface area contributed by atoms with E-state index in [9.17, 15) is 19.7 Å². The highest BCUT2D eigenvalue weighted by molar-refractivity contribution is 7.07. The normalized spacial score (nSPS) is 15.0. The van der Waals surface area contributed by atoms with E-state index in [4.69, 9.17) is 14.2 Å². The summed E-state index contributed by atoms with van der Waals surface area (Å²) in [6.07, 6.45) is 2.80. The minimum Gasteiger partial charge on any atom is -0.493 e. The van der Waals surface area contributed by atoms with Crippen LogP contribution in [0.2, 0.25) is 0 Å². The second-order valence-corrected chi connectivity index (χ2v) is 9.91. The summed E-state index contributed by atoms with van der Waals surface area (Å²) in [7, 11) is 1.50. The molecule has 0 fully saturated rings. The van der Waals surface area contributed by atoms with Crippen molar-refractivity contribution < 1.29 is 23.9 Å². The van der Waals surface area contributed by atoms with Crippen molar-refractivity contribution in [2.45, 2.75) is 32.9 Å². The number of rotatable bonds is 9. The van der Waals surface area contributed by atoms with Crippen LogP contribution in [-0.2, 0) is 9.53 Å². The number of carbonyl (C=O) groups excluding carboxylic acids is 1. The highest BCUT2D eigenvalue weighted by Crippen LogP contribution is 2.36. The Balaban J connectivity index is 1.93. The van der Waals surface area contributed by atoms with E-state index in [0.717, 1.165) is 11.3 Å². The molecular formula is C28H27N3O7S. The van der Waals surface area contributed by atoms with Crippen LogP contribution < -0.4 is 24.4 Å². The van der Waals surface area contributed by atoms with Crippen molar-refractivity contribution in [3.8, 4) is 11.5 Å². The molecule has 0 spiro atoms. The van der Waals surface area contributed by atoms with Crippen LogP contribution in [0.4, 0.5) is 5.69 Å². The molecule has 2 aromatic carbocycles. The molecule has 39 heavy (non-hydrogen) atoms. The van der Waals surface area contributed by atoms with E-state index in [1.54, 1.807) is 63.3 Å². The van der Waals surface area contributed by atoms with Crippen molar-refractivity contribution >= 4 is 29.1 Å². The van der Waals surface area contributed by atoms with E-state index < -0.39 is 22.5 Å². The smallest absolute Gasteiger partial charge is 0.338 e. The van der Waals surface area contributed by atoms with Crippen molar-refractivity contribution in [3.05, 3.63) is 107 Å². The zero-order valence-corrected chi connectivity index (χ0v) is 22.7. The van der Waals surface area contributed by atoms with Crippen molar-refractivity contribution in [2.24, 2.45) is 4.99 Å². The Kier molecular flexibility index (Phi) is 8.10. The number of allylic oxidation sites excluding steroid dienone is 1. The summed E-state index contributed by atoms with van der Waals surface area (Å²) >= 11 is 1.13. The maximum atomic E-state index is 13.8. The minimum atomic E-state index is -0.859. The molecule has 1 aromatic heterocycles. The molecule has 1 atom stereocenters. The molecule has 3 aromatic rings. The van der Waals surface area contributed by atoms with Crippen LogP contribution >= 0.6 is 11.3 Å². The van der Waals surface area contributed by atoms with Crippen molar-refractivity contribution in [1.82, 2.24) is 4.57 Å². The molecule has 11 heteroatoms. The monoisotopic (exact) mass is 549 g/mol. The molecule has 0 saturated carbocycles. The molecule has 0 aliphatic carbocycles.